The molecule has 0 spiro atoms. The number of hydrogen-bond acceptors (Lipinski definition) is 3. The van der Waals surface area contributed by atoms with Gasteiger partial charge in [-0.3, -0.25) is 4.79 Å². The molecule has 1 heterocycles. The lowest BCUT2D eigenvalue weighted by Gasteiger charge is -2.37. The van der Waals surface area contributed by atoms with Gasteiger partial charge in [-0.05, 0) is 42.7 Å². The monoisotopic (exact) mass is 371 g/mol. The summed E-state index contributed by atoms with van der Waals surface area (Å²) in [5.41, 5.74) is 1.71. The minimum Gasteiger partial charge on any atom is -0.478 e. The van der Waals surface area contributed by atoms with E-state index in [1.165, 1.54) is 12.1 Å². The second-order valence-electron chi connectivity index (χ2n) is 6.75. The molecule has 1 fully saturated rings. The van der Waals surface area contributed by atoms with Gasteiger partial charge >= 0.3 is 5.97 Å². The molecule has 0 radical (unpaired) electrons. The van der Waals surface area contributed by atoms with E-state index < -0.39 is 5.97 Å². The number of carboxylic acid groups (broad SMARTS) is 1. The van der Waals surface area contributed by atoms with Crippen molar-refractivity contribution < 1.29 is 23.8 Å². The normalized spacial score (nSPS) is 19.7. The Morgan fingerprint density at radius 1 is 1.15 bits per heavy atom. The number of rotatable bonds is 5. The van der Waals surface area contributed by atoms with Gasteiger partial charge < -0.3 is 14.7 Å². The number of aryl methyl sites for hydroxylation is 1. The molecule has 6 heteroatoms. The van der Waals surface area contributed by atoms with Gasteiger partial charge in [0.15, 0.2) is 0 Å². The molecular formula is C21H22FNO4. The number of hydrogen-bond donors (Lipinski definition) is 1. The van der Waals surface area contributed by atoms with E-state index in [1.54, 1.807) is 41.3 Å². The van der Waals surface area contributed by atoms with Crippen molar-refractivity contribution in [2.24, 2.45) is 0 Å². The quantitative estimate of drug-likeness (QED) is 0.874. The van der Waals surface area contributed by atoms with Gasteiger partial charge in [-0.2, -0.15) is 0 Å². The maximum Gasteiger partial charge on any atom is 0.335 e. The van der Waals surface area contributed by atoms with Crippen LogP contribution in [0.1, 0.15) is 40.9 Å². The Morgan fingerprint density at radius 2 is 1.85 bits per heavy atom. The van der Waals surface area contributed by atoms with Gasteiger partial charge in [0.2, 0.25) is 5.91 Å². The Morgan fingerprint density at radius 3 is 2.56 bits per heavy atom. The molecule has 2 aromatic carbocycles. The van der Waals surface area contributed by atoms with Gasteiger partial charge in [0.1, 0.15) is 11.9 Å². The highest BCUT2D eigenvalue weighted by atomic mass is 19.1. The first-order valence-corrected chi connectivity index (χ1v) is 8.94. The van der Waals surface area contributed by atoms with Crippen LogP contribution in [0.3, 0.4) is 0 Å². The molecule has 1 amide bonds. The molecule has 0 bridgehead atoms. The van der Waals surface area contributed by atoms with Gasteiger partial charge in [0.25, 0.3) is 0 Å². The highest BCUT2D eigenvalue weighted by Gasteiger charge is 2.29. The molecule has 1 aliphatic rings. The standard InChI is InChI=1S/C21H22FNO4/c1-14-12-23(13-19(27-14)16-6-9-17(22)10-7-16)20(24)11-8-15-4-2-3-5-18(15)21(25)26/h2-7,9-10,14,19H,8,11-13H2,1H3,(H,25,26). The first-order chi connectivity index (χ1) is 12.9. The molecule has 27 heavy (non-hydrogen) atoms. The second kappa shape index (κ2) is 8.31. The van der Waals surface area contributed by atoms with Crippen LogP contribution in [0.4, 0.5) is 4.39 Å². The van der Waals surface area contributed by atoms with Crippen LogP contribution in [0.25, 0.3) is 0 Å². The van der Waals surface area contributed by atoms with Crippen molar-refractivity contribution in [3.05, 3.63) is 71.0 Å². The Kier molecular flexibility index (Phi) is 5.86. The number of carboxylic acids is 1. The first-order valence-electron chi connectivity index (χ1n) is 8.94. The Hall–Kier alpha value is -2.73. The van der Waals surface area contributed by atoms with Gasteiger partial charge in [0, 0.05) is 13.0 Å². The third-order valence-corrected chi connectivity index (χ3v) is 4.71. The Bertz CT molecular complexity index is 821. The van der Waals surface area contributed by atoms with E-state index in [2.05, 4.69) is 0 Å². The molecule has 1 N–H and O–H groups in total. The van der Waals surface area contributed by atoms with Crippen molar-refractivity contribution >= 4 is 11.9 Å². The SMILES string of the molecule is CC1CN(C(=O)CCc2ccccc2C(=O)O)CC(c2ccc(F)cc2)O1. The maximum atomic E-state index is 13.1. The fourth-order valence-electron chi connectivity index (χ4n) is 3.36. The smallest absolute Gasteiger partial charge is 0.335 e. The number of carbonyl (C=O) groups is 2. The van der Waals surface area contributed by atoms with Crippen molar-refractivity contribution in [3.63, 3.8) is 0 Å². The van der Waals surface area contributed by atoms with E-state index in [1.807, 2.05) is 6.92 Å². The largest absolute Gasteiger partial charge is 0.478 e. The van der Waals surface area contributed by atoms with Crippen LogP contribution in [0.15, 0.2) is 48.5 Å². The molecule has 0 aliphatic carbocycles. The third kappa shape index (κ3) is 4.71. The highest BCUT2D eigenvalue weighted by molar-refractivity contribution is 5.89. The number of nitrogens with zero attached hydrogens (tertiary/aromatic N) is 1. The number of amides is 1. The minimum atomic E-state index is -0.991. The number of benzene rings is 2. The van der Waals surface area contributed by atoms with Crippen LogP contribution in [-0.2, 0) is 16.0 Å². The van der Waals surface area contributed by atoms with Gasteiger partial charge in [-0.15, -0.1) is 0 Å². The van der Waals surface area contributed by atoms with E-state index in [9.17, 15) is 19.1 Å². The summed E-state index contributed by atoms with van der Waals surface area (Å²) in [6.45, 7) is 2.78. The van der Waals surface area contributed by atoms with Crippen LogP contribution < -0.4 is 0 Å². The number of carbonyl (C=O) groups excluding carboxylic acids is 1. The average Bonchev–Trinajstić information content (AvgIpc) is 2.66. The summed E-state index contributed by atoms with van der Waals surface area (Å²) in [5, 5.41) is 9.26. The van der Waals surface area contributed by atoms with Gasteiger partial charge in [0.05, 0.1) is 18.2 Å². The van der Waals surface area contributed by atoms with Crippen molar-refractivity contribution in [1.82, 2.24) is 4.90 Å². The van der Waals surface area contributed by atoms with Gasteiger partial charge in [-0.25, -0.2) is 9.18 Å². The predicted octanol–water partition coefficient (Wildman–Crippen LogP) is 3.45. The summed E-state index contributed by atoms with van der Waals surface area (Å²) >= 11 is 0. The third-order valence-electron chi connectivity index (χ3n) is 4.71. The zero-order chi connectivity index (χ0) is 19.4. The van der Waals surface area contributed by atoms with Crippen LogP contribution in [-0.4, -0.2) is 41.1 Å². The molecule has 1 saturated heterocycles. The predicted molar refractivity (Wildman–Crippen MR) is 98.0 cm³/mol. The number of morpholine rings is 1. The maximum absolute atomic E-state index is 13.1. The van der Waals surface area contributed by atoms with Crippen molar-refractivity contribution in [2.75, 3.05) is 13.1 Å². The average molecular weight is 371 g/mol. The van der Waals surface area contributed by atoms with E-state index in [-0.39, 0.29) is 35.9 Å². The van der Waals surface area contributed by atoms with Crippen molar-refractivity contribution in [2.45, 2.75) is 32.0 Å². The van der Waals surface area contributed by atoms with Gasteiger partial charge in [-0.1, -0.05) is 30.3 Å². The zero-order valence-corrected chi connectivity index (χ0v) is 15.1. The van der Waals surface area contributed by atoms with Crippen LogP contribution in [0, 0.1) is 5.82 Å². The molecule has 2 unspecified atom stereocenters. The number of aromatic carboxylic acids is 1. The molecule has 142 valence electrons. The summed E-state index contributed by atoms with van der Waals surface area (Å²) in [5.74, 6) is -1.35. The van der Waals surface area contributed by atoms with E-state index in [4.69, 9.17) is 4.74 Å². The summed E-state index contributed by atoms with van der Waals surface area (Å²) in [4.78, 5) is 25.7. The Labute approximate surface area is 157 Å². The topological polar surface area (TPSA) is 66.8 Å². The lowest BCUT2D eigenvalue weighted by molar-refractivity contribution is -0.144. The molecule has 0 aromatic heterocycles. The Balaban J connectivity index is 1.65. The van der Waals surface area contributed by atoms with E-state index in [0.717, 1.165) is 5.56 Å². The molecule has 5 nitrogen and oxygen atoms in total. The first kappa shape index (κ1) is 19.0. The fourth-order valence-corrected chi connectivity index (χ4v) is 3.36. The van der Waals surface area contributed by atoms with Crippen molar-refractivity contribution in [3.8, 4) is 0 Å². The zero-order valence-electron chi connectivity index (χ0n) is 15.1. The lowest BCUT2D eigenvalue weighted by Crippen LogP contribution is -2.46. The van der Waals surface area contributed by atoms with Crippen LogP contribution >= 0.6 is 0 Å². The van der Waals surface area contributed by atoms with Crippen molar-refractivity contribution in [1.29, 1.82) is 0 Å². The molecule has 2 atom stereocenters. The molecule has 3 rings (SSSR count). The van der Waals surface area contributed by atoms with Crippen LogP contribution in [0.5, 0.6) is 0 Å². The summed E-state index contributed by atoms with van der Waals surface area (Å²) in [7, 11) is 0. The minimum absolute atomic E-state index is 0.0440. The van der Waals surface area contributed by atoms with Crippen LogP contribution in [0.2, 0.25) is 0 Å². The molecule has 2 aromatic rings. The van der Waals surface area contributed by atoms with E-state index in [0.29, 0.717) is 25.1 Å². The van der Waals surface area contributed by atoms with E-state index >= 15 is 0 Å². The summed E-state index contributed by atoms with van der Waals surface area (Å²) in [6.07, 6.45) is 0.162. The highest BCUT2D eigenvalue weighted by Crippen LogP contribution is 2.26. The summed E-state index contributed by atoms with van der Waals surface area (Å²) in [6, 6.07) is 12.8. The molecule has 0 saturated carbocycles. The number of halogens is 1. The fraction of sp³-hybridized carbons (Fsp3) is 0.333. The lowest BCUT2D eigenvalue weighted by atomic mass is 10.0. The molecule has 1 aliphatic heterocycles. The second-order valence-corrected chi connectivity index (χ2v) is 6.75. The summed E-state index contributed by atoms with van der Waals surface area (Å²) < 4.78 is 19.1. The molecular weight excluding hydrogens is 349 g/mol. The number of ether oxygens (including phenoxy) is 1.